The van der Waals surface area contributed by atoms with Gasteiger partial charge in [0, 0.05) is 4.88 Å². The van der Waals surface area contributed by atoms with Gasteiger partial charge in [0.05, 0.1) is 41.6 Å². The Morgan fingerprint density at radius 3 is 2.42 bits per heavy atom. The molecule has 9 heteroatoms. The SMILES string of the molecule is COC(=O)C1=C(C)N=c2s/c(=C/c3cccs3)c(=O)n2[C@@H]1c1ccc(C(=O)OC)cc1. The number of aromatic nitrogens is 1. The third kappa shape index (κ3) is 3.77. The highest BCUT2D eigenvalue weighted by Crippen LogP contribution is 2.30. The molecule has 0 fully saturated rings. The van der Waals surface area contributed by atoms with E-state index in [1.54, 1.807) is 31.2 Å². The molecule has 1 aliphatic rings. The molecule has 31 heavy (non-hydrogen) atoms. The van der Waals surface area contributed by atoms with Crippen molar-refractivity contribution >= 4 is 40.7 Å². The third-order valence-electron chi connectivity index (χ3n) is 4.89. The van der Waals surface area contributed by atoms with Crippen molar-refractivity contribution in [2.45, 2.75) is 13.0 Å². The maximum atomic E-state index is 13.3. The number of esters is 2. The Labute approximate surface area is 185 Å². The van der Waals surface area contributed by atoms with E-state index in [4.69, 9.17) is 9.47 Å². The van der Waals surface area contributed by atoms with Crippen LogP contribution in [0.4, 0.5) is 0 Å². The number of fused-ring (bicyclic) bond motifs is 1. The fourth-order valence-corrected chi connectivity index (χ4v) is 5.20. The standard InChI is InChI=1S/C22H18N2O5S2/c1-12-17(21(27)29-3)18(13-6-8-14(9-7-13)20(26)28-2)24-19(25)16(31-22(24)23-12)11-15-5-4-10-30-15/h4-11,18H,1-3H3/b16-11+/t18-/m1/s1. The van der Waals surface area contributed by atoms with Gasteiger partial charge in [-0.3, -0.25) is 9.36 Å². The summed E-state index contributed by atoms with van der Waals surface area (Å²) in [5, 5.41) is 1.94. The van der Waals surface area contributed by atoms with Crippen LogP contribution in [0, 0.1) is 0 Å². The molecule has 0 bridgehead atoms. The second kappa shape index (κ2) is 8.44. The number of methoxy groups -OCH3 is 2. The van der Waals surface area contributed by atoms with Crippen molar-refractivity contribution in [2.24, 2.45) is 4.99 Å². The molecule has 1 aliphatic heterocycles. The molecule has 0 saturated heterocycles. The first-order valence-electron chi connectivity index (χ1n) is 9.27. The zero-order valence-corrected chi connectivity index (χ0v) is 18.6. The van der Waals surface area contributed by atoms with Crippen LogP contribution in [0.25, 0.3) is 6.08 Å². The van der Waals surface area contributed by atoms with Gasteiger partial charge in [-0.2, -0.15) is 0 Å². The number of thiophene rings is 1. The number of rotatable bonds is 4. The van der Waals surface area contributed by atoms with E-state index in [1.807, 2.05) is 23.6 Å². The van der Waals surface area contributed by atoms with Crippen LogP contribution in [0.3, 0.4) is 0 Å². The third-order valence-corrected chi connectivity index (χ3v) is 6.69. The highest BCUT2D eigenvalue weighted by molar-refractivity contribution is 7.11. The van der Waals surface area contributed by atoms with Gasteiger partial charge in [0.1, 0.15) is 0 Å². The summed E-state index contributed by atoms with van der Waals surface area (Å²) >= 11 is 2.80. The van der Waals surface area contributed by atoms with Crippen LogP contribution in [0.15, 0.2) is 62.8 Å². The Morgan fingerprint density at radius 2 is 1.81 bits per heavy atom. The van der Waals surface area contributed by atoms with Gasteiger partial charge in [-0.25, -0.2) is 14.6 Å². The zero-order valence-electron chi connectivity index (χ0n) is 16.9. The minimum Gasteiger partial charge on any atom is -0.466 e. The van der Waals surface area contributed by atoms with Crippen LogP contribution >= 0.6 is 22.7 Å². The van der Waals surface area contributed by atoms with Gasteiger partial charge >= 0.3 is 11.9 Å². The van der Waals surface area contributed by atoms with Crippen molar-refractivity contribution in [3.05, 3.63) is 88.7 Å². The number of hydrogen-bond acceptors (Lipinski definition) is 8. The van der Waals surface area contributed by atoms with E-state index in [1.165, 1.54) is 41.5 Å². The fourth-order valence-electron chi connectivity index (χ4n) is 3.43. The number of carbonyl (C=O) groups excluding carboxylic acids is 2. The number of benzene rings is 1. The molecule has 0 aliphatic carbocycles. The van der Waals surface area contributed by atoms with E-state index in [9.17, 15) is 14.4 Å². The lowest BCUT2D eigenvalue weighted by molar-refractivity contribution is -0.136. The normalized spacial score (nSPS) is 16.0. The van der Waals surface area contributed by atoms with Crippen molar-refractivity contribution in [1.82, 2.24) is 4.57 Å². The van der Waals surface area contributed by atoms with Gasteiger partial charge in [0.25, 0.3) is 5.56 Å². The second-order valence-corrected chi connectivity index (χ2v) is 8.69. The summed E-state index contributed by atoms with van der Waals surface area (Å²) in [4.78, 5) is 43.7. The first kappa shape index (κ1) is 21.0. The molecular weight excluding hydrogens is 436 g/mol. The van der Waals surface area contributed by atoms with Crippen LogP contribution in [-0.2, 0) is 14.3 Å². The van der Waals surface area contributed by atoms with Gasteiger partial charge in [0.15, 0.2) is 4.80 Å². The molecular formula is C22H18N2O5S2. The fraction of sp³-hybridized carbons (Fsp3) is 0.182. The Hall–Kier alpha value is -3.30. The van der Waals surface area contributed by atoms with Gasteiger partial charge < -0.3 is 9.47 Å². The van der Waals surface area contributed by atoms with Crippen molar-refractivity contribution in [1.29, 1.82) is 0 Å². The Balaban J connectivity index is 1.94. The molecule has 1 aromatic carbocycles. The maximum absolute atomic E-state index is 13.3. The monoisotopic (exact) mass is 454 g/mol. The van der Waals surface area contributed by atoms with E-state index in [2.05, 4.69) is 4.99 Å². The Morgan fingerprint density at radius 1 is 1.10 bits per heavy atom. The number of hydrogen-bond donors (Lipinski definition) is 0. The summed E-state index contributed by atoms with van der Waals surface area (Å²) in [6.07, 6.45) is 1.82. The van der Waals surface area contributed by atoms with Crippen molar-refractivity contribution in [3.63, 3.8) is 0 Å². The van der Waals surface area contributed by atoms with Gasteiger partial charge in [0.2, 0.25) is 0 Å². The van der Waals surface area contributed by atoms with E-state index >= 15 is 0 Å². The predicted octanol–water partition coefficient (Wildman–Crippen LogP) is 2.26. The molecule has 2 aromatic heterocycles. The maximum Gasteiger partial charge on any atom is 0.338 e. The van der Waals surface area contributed by atoms with Gasteiger partial charge in [-0.1, -0.05) is 29.5 Å². The molecule has 0 saturated carbocycles. The van der Waals surface area contributed by atoms with E-state index in [-0.39, 0.29) is 11.1 Å². The minimum atomic E-state index is -0.721. The van der Waals surface area contributed by atoms with Crippen LogP contribution in [-0.4, -0.2) is 30.7 Å². The molecule has 4 rings (SSSR count). The lowest BCUT2D eigenvalue weighted by Gasteiger charge is -2.24. The summed E-state index contributed by atoms with van der Waals surface area (Å²) in [6, 6.07) is 9.74. The Kier molecular flexibility index (Phi) is 5.71. The Bertz CT molecular complexity index is 1360. The molecule has 0 N–H and O–H groups in total. The summed E-state index contributed by atoms with van der Waals surface area (Å²) in [6.45, 7) is 1.72. The highest BCUT2D eigenvalue weighted by atomic mass is 32.1. The number of allylic oxidation sites excluding steroid dienone is 1. The predicted molar refractivity (Wildman–Crippen MR) is 118 cm³/mol. The summed E-state index contributed by atoms with van der Waals surface area (Å²) < 4.78 is 11.8. The lowest BCUT2D eigenvalue weighted by Crippen LogP contribution is -2.39. The van der Waals surface area contributed by atoms with E-state index < -0.39 is 18.0 Å². The molecule has 0 unspecified atom stereocenters. The van der Waals surface area contributed by atoms with Crippen molar-refractivity contribution in [2.75, 3.05) is 14.2 Å². The first-order chi connectivity index (χ1) is 14.9. The van der Waals surface area contributed by atoms with E-state index in [0.717, 1.165) is 4.88 Å². The smallest absolute Gasteiger partial charge is 0.338 e. The number of thiazole rings is 1. The van der Waals surface area contributed by atoms with Crippen LogP contribution < -0.4 is 14.9 Å². The average molecular weight is 455 g/mol. The summed E-state index contributed by atoms with van der Waals surface area (Å²) in [5.41, 5.74) is 1.55. The van der Waals surface area contributed by atoms with Crippen molar-refractivity contribution < 1.29 is 19.1 Å². The van der Waals surface area contributed by atoms with Crippen molar-refractivity contribution in [3.8, 4) is 0 Å². The summed E-state index contributed by atoms with van der Waals surface area (Å²) in [7, 11) is 2.60. The van der Waals surface area contributed by atoms with Crippen LogP contribution in [0.1, 0.15) is 33.8 Å². The zero-order chi connectivity index (χ0) is 22.1. The molecule has 158 valence electrons. The lowest BCUT2D eigenvalue weighted by atomic mass is 9.95. The topological polar surface area (TPSA) is 87.0 Å². The molecule has 0 spiro atoms. The molecule has 0 radical (unpaired) electrons. The molecule has 0 amide bonds. The summed E-state index contributed by atoms with van der Waals surface area (Å²) in [5.74, 6) is -1.03. The van der Waals surface area contributed by atoms with Crippen LogP contribution in [0.5, 0.6) is 0 Å². The van der Waals surface area contributed by atoms with E-state index in [0.29, 0.717) is 26.2 Å². The molecule has 3 heterocycles. The molecule has 7 nitrogen and oxygen atoms in total. The average Bonchev–Trinajstić information content (AvgIpc) is 3.40. The van der Waals surface area contributed by atoms with Gasteiger partial charge in [-0.15, -0.1) is 11.3 Å². The quantitative estimate of drug-likeness (QED) is 0.565. The first-order valence-corrected chi connectivity index (χ1v) is 11.0. The number of nitrogens with zero attached hydrogens (tertiary/aromatic N) is 2. The number of ether oxygens (including phenoxy) is 2. The van der Waals surface area contributed by atoms with Gasteiger partial charge in [-0.05, 0) is 42.1 Å². The molecule has 1 atom stereocenters. The number of carbonyl (C=O) groups is 2. The minimum absolute atomic E-state index is 0.243. The van der Waals surface area contributed by atoms with Crippen LogP contribution in [0.2, 0.25) is 0 Å². The largest absolute Gasteiger partial charge is 0.466 e. The highest BCUT2D eigenvalue weighted by Gasteiger charge is 2.33. The second-order valence-electron chi connectivity index (χ2n) is 6.70. The molecule has 3 aromatic rings.